The van der Waals surface area contributed by atoms with Crippen LogP contribution in [-0.2, 0) is 12.8 Å². The Morgan fingerprint density at radius 1 is 1.16 bits per heavy atom. The van der Waals surface area contributed by atoms with E-state index in [0.29, 0.717) is 5.75 Å². The molecular weight excluding hydrogens is 236 g/mol. The maximum Gasteiger partial charge on any atom is 0.120 e. The second kappa shape index (κ2) is 6.80. The lowest BCUT2D eigenvalue weighted by Crippen LogP contribution is -2.27. The topological polar surface area (TPSA) is 35.5 Å². The van der Waals surface area contributed by atoms with E-state index in [0.717, 1.165) is 50.3 Å². The number of hydrogen-bond acceptors (Lipinski definition) is 3. The van der Waals surface area contributed by atoms with Crippen LogP contribution in [0.15, 0.2) is 12.1 Å². The lowest BCUT2D eigenvalue weighted by atomic mass is 10.0. The molecule has 0 saturated carbocycles. The predicted octanol–water partition coefficient (Wildman–Crippen LogP) is 3.02. The van der Waals surface area contributed by atoms with Crippen molar-refractivity contribution in [3.8, 4) is 5.75 Å². The molecule has 0 saturated heterocycles. The third-order valence-corrected chi connectivity index (χ3v) is 3.79. The predicted molar refractivity (Wildman–Crippen MR) is 81.0 cm³/mol. The molecule has 0 amide bonds. The van der Waals surface area contributed by atoms with Gasteiger partial charge in [-0.15, -0.1) is 0 Å². The Labute approximate surface area is 116 Å². The summed E-state index contributed by atoms with van der Waals surface area (Å²) in [7, 11) is 0. The zero-order valence-corrected chi connectivity index (χ0v) is 12.2. The Morgan fingerprint density at radius 2 is 1.89 bits per heavy atom. The Morgan fingerprint density at radius 3 is 2.58 bits per heavy atom. The Kier molecular flexibility index (Phi) is 5.08. The normalized spacial score (nSPS) is 13.6. The summed E-state index contributed by atoms with van der Waals surface area (Å²) < 4.78 is 0. The Bertz CT molecular complexity index is 411. The second-order valence-corrected chi connectivity index (χ2v) is 5.41. The highest BCUT2D eigenvalue weighted by Gasteiger charge is 2.14. The molecule has 1 aliphatic heterocycles. The number of aromatic hydroxyl groups is 1. The number of nitrogens with zero attached hydrogens (tertiary/aromatic N) is 1. The van der Waals surface area contributed by atoms with Crippen LogP contribution in [0.5, 0.6) is 5.75 Å². The molecule has 1 aromatic rings. The van der Waals surface area contributed by atoms with Crippen molar-refractivity contribution >= 4 is 5.69 Å². The summed E-state index contributed by atoms with van der Waals surface area (Å²) in [6.45, 7) is 8.79. The van der Waals surface area contributed by atoms with Crippen LogP contribution in [0.2, 0.25) is 0 Å². The van der Waals surface area contributed by atoms with Gasteiger partial charge in [-0.2, -0.15) is 0 Å². The van der Waals surface area contributed by atoms with Crippen LogP contribution in [0.25, 0.3) is 0 Å². The first-order valence-electron chi connectivity index (χ1n) is 7.55. The molecule has 1 aromatic carbocycles. The molecule has 0 spiro atoms. The van der Waals surface area contributed by atoms with Crippen molar-refractivity contribution in [1.82, 2.24) is 4.90 Å². The van der Waals surface area contributed by atoms with Crippen molar-refractivity contribution in [2.24, 2.45) is 0 Å². The summed E-state index contributed by atoms with van der Waals surface area (Å²) >= 11 is 0. The molecule has 3 heteroatoms. The summed E-state index contributed by atoms with van der Waals surface area (Å²) in [6, 6.07) is 4.07. The Hall–Kier alpha value is -1.22. The average molecular weight is 262 g/mol. The molecule has 106 valence electrons. The molecule has 0 atom stereocenters. The number of phenols is 1. The highest BCUT2D eigenvalue weighted by molar-refractivity contribution is 5.60. The van der Waals surface area contributed by atoms with Crippen molar-refractivity contribution in [3.63, 3.8) is 0 Å². The SMILES string of the molecule is CCCN(CCC)CCc1cc2c(cc1O)NCC2. The summed E-state index contributed by atoms with van der Waals surface area (Å²) in [6.07, 6.45) is 4.41. The fourth-order valence-corrected chi connectivity index (χ4v) is 2.83. The summed E-state index contributed by atoms with van der Waals surface area (Å²) in [4.78, 5) is 2.49. The largest absolute Gasteiger partial charge is 0.508 e. The molecule has 1 heterocycles. The van der Waals surface area contributed by atoms with E-state index in [1.165, 1.54) is 18.4 Å². The van der Waals surface area contributed by atoms with Gasteiger partial charge in [0.15, 0.2) is 0 Å². The molecule has 0 radical (unpaired) electrons. The van der Waals surface area contributed by atoms with E-state index >= 15 is 0 Å². The quantitative estimate of drug-likeness (QED) is 0.793. The highest BCUT2D eigenvalue weighted by Crippen LogP contribution is 2.30. The monoisotopic (exact) mass is 262 g/mol. The number of fused-ring (bicyclic) bond motifs is 1. The van der Waals surface area contributed by atoms with E-state index in [4.69, 9.17) is 0 Å². The van der Waals surface area contributed by atoms with E-state index in [2.05, 4.69) is 30.1 Å². The van der Waals surface area contributed by atoms with Crippen molar-refractivity contribution < 1.29 is 5.11 Å². The van der Waals surface area contributed by atoms with Crippen LogP contribution in [-0.4, -0.2) is 36.2 Å². The first-order chi connectivity index (χ1) is 9.24. The summed E-state index contributed by atoms with van der Waals surface area (Å²) in [5.74, 6) is 0.445. The number of hydrogen-bond donors (Lipinski definition) is 2. The van der Waals surface area contributed by atoms with Crippen LogP contribution in [0.1, 0.15) is 37.8 Å². The maximum atomic E-state index is 10.1. The zero-order chi connectivity index (χ0) is 13.7. The Balaban J connectivity index is 1.98. The van der Waals surface area contributed by atoms with Crippen LogP contribution >= 0.6 is 0 Å². The van der Waals surface area contributed by atoms with Gasteiger partial charge in [0, 0.05) is 24.8 Å². The van der Waals surface area contributed by atoms with E-state index in [1.807, 2.05) is 6.07 Å². The molecule has 0 aromatic heterocycles. The minimum absolute atomic E-state index is 0.445. The minimum atomic E-state index is 0.445. The van der Waals surface area contributed by atoms with Gasteiger partial charge in [0.05, 0.1) is 0 Å². The van der Waals surface area contributed by atoms with Gasteiger partial charge in [-0.05, 0) is 56.0 Å². The summed E-state index contributed by atoms with van der Waals surface area (Å²) in [5, 5.41) is 13.4. The van der Waals surface area contributed by atoms with Gasteiger partial charge in [0.25, 0.3) is 0 Å². The third-order valence-electron chi connectivity index (χ3n) is 3.79. The average Bonchev–Trinajstić information content (AvgIpc) is 2.83. The molecule has 2 N–H and O–H groups in total. The number of benzene rings is 1. The zero-order valence-electron chi connectivity index (χ0n) is 12.2. The fourth-order valence-electron chi connectivity index (χ4n) is 2.83. The van der Waals surface area contributed by atoms with Gasteiger partial charge in [-0.3, -0.25) is 0 Å². The molecule has 3 nitrogen and oxygen atoms in total. The highest BCUT2D eigenvalue weighted by atomic mass is 16.3. The first-order valence-corrected chi connectivity index (χ1v) is 7.55. The molecular formula is C16H26N2O. The molecule has 0 fully saturated rings. The van der Waals surface area contributed by atoms with Gasteiger partial charge < -0.3 is 15.3 Å². The lowest BCUT2D eigenvalue weighted by molar-refractivity contribution is 0.277. The van der Waals surface area contributed by atoms with Crippen molar-refractivity contribution in [2.75, 3.05) is 31.5 Å². The number of rotatable bonds is 7. The van der Waals surface area contributed by atoms with Gasteiger partial charge in [-0.25, -0.2) is 0 Å². The van der Waals surface area contributed by atoms with Crippen molar-refractivity contribution in [3.05, 3.63) is 23.3 Å². The van der Waals surface area contributed by atoms with Crippen LogP contribution in [0.3, 0.4) is 0 Å². The van der Waals surface area contributed by atoms with E-state index in [9.17, 15) is 5.11 Å². The first kappa shape index (κ1) is 14.2. The van der Waals surface area contributed by atoms with Crippen molar-refractivity contribution in [1.29, 1.82) is 0 Å². The molecule has 0 bridgehead atoms. The third kappa shape index (κ3) is 3.63. The van der Waals surface area contributed by atoms with Gasteiger partial charge in [0.2, 0.25) is 0 Å². The van der Waals surface area contributed by atoms with Gasteiger partial charge in [-0.1, -0.05) is 13.8 Å². The van der Waals surface area contributed by atoms with E-state index in [1.54, 1.807) is 0 Å². The van der Waals surface area contributed by atoms with Gasteiger partial charge in [0.1, 0.15) is 5.75 Å². The lowest BCUT2D eigenvalue weighted by Gasteiger charge is -2.21. The second-order valence-electron chi connectivity index (χ2n) is 5.41. The molecule has 0 unspecified atom stereocenters. The van der Waals surface area contributed by atoms with Gasteiger partial charge >= 0.3 is 0 Å². The number of phenolic OH excluding ortho intramolecular Hbond substituents is 1. The van der Waals surface area contributed by atoms with Crippen LogP contribution in [0.4, 0.5) is 5.69 Å². The minimum Gasteiger partial charge on any atom is -0.508 e. The molecule has 19 heavy (non-hydrogen) atoms. The number of anilines is 1. The molecule has 2 rings (SSSR count). The maximum absolute atomic E-state index is 10.1. The number of nitrogens with one attached hydrogen (secondary N) is 1. The van der Waals surface area contributed by atoms with E-state index in [-0.39, 0.29) is 0 Å². The van der Waals surface area contributed by atoms with Crippen LogP contribution < -0.4 is 5.32 Å². The van der Waals surface area contributed by atoms with Crippen molar-refractivity contribution in [2.45, 2.75) is 39.5 Å². The smallest absolute Gasteiger partial charge is 0.120 e. The van der Waals surface area contributed by atoms with E-state index < -0.39 is 0 Å². The fraction of sp³-hybridized carbons (Fsp3) is 0.625. The van der Waals surface area contributed by atoms with Crippen LogP contribution in [0, 0.1) is 0 Å². The molecule has 0 aliphatic carbocycles. The summed E-state index contributed by atoms with van der Waals surface area (Å²) in [5.41, 5.74) is 3.56. The molecule has 1 aliphatic rings. The standard InChI is InChI=1S/C16H26N2O/c1-3-8-18(9-4-2)10-6-14-11-13-5-7-17-15(13)12-16(14)19/h11-12,17,19H,3-10H2,1-2H3.